The molecule has 5 heavy (non-hydrogen) atoms. The summed E-state index contributed by atoms with van der Waals surface area (Å²) in [6.07, 6.45) is 0. The summed E-state index contributed by atoms with van der Waals surface area (Å²) in [6.45, 7) is 0. The van der Waals surface area contributed by atoms with Crippen molar-refractivity contribution in [3.8, 4) is 0 Å². The van der Waals surface area contributed by atoms with Gasteiger partial charge in [0.05, 0.1) is 0 Å². The molecular weight excluding hydrogens is 204 g/mol. The van der Waals surface area contributed by atoms with E-state index in [9.17, 15) is 0 Å². The molecule has 0 unspecified atom stereocenters. The largest absolute Gasteiger partial charge is 0.338 e. The third kappa shape index (κ3) is 5.04. The van der Waals surface area contributed by atoms with Crippen molar-refractivity contribution < 1.29 is 9.79 Å². The van der Waals surface area contributed by atoms with Gasteiger partial charge in [-0.25, -0.2) is 0 Å². The van der Waals surface area contributed by atoms with Gasteiger partial charge in [-0.2, -0.15) is 3.30 Å². The van der Waals surface area contributed by atoms with Crippen LogP contribution in [0.4, 0.5) is 0 Å². The summed E-state index contributed by atoms with van der Waals surface area (Å²) in [6, 6.07) is 0. The molecule has 0 saturated heterocycles. The molecule has 3 nitrogen and oxygen atoms in total. The fraction of sp³-hybridized carbons (Fsp3) is 0. The second kappa shape index (κ2) is 3.24. The summed E-state index contributed by atoms with van der Waals surface area (Å²) in [7, 11) is -1.86. The number of halogens is 1. The minimum Gasteiger partial charge on any atom is -0.338 e. The van der Waals surface area contributed by atoms with Crippen LogP contribution in [0.2, 0.25) is 0 Å². The molecule has 0 aromatic heterocycles. The van der Waals surface area contributed by atoms with Crippen molar-refractivity contribution in [2.75, 3.05) is 0 Å². The molecule has 0 aliphatic rings. The van der Waals surface area contributed by atoms with E-state index in [1.54, 1.807) is 22.9 Å². The first kappa shape index (κ1) is 6.04. The Morgan fingerprint density at radius 3 is 1.80 bits per heavy atom. The van der Waals surface area contributed by atoms with Gasteiger partial charge in [-0.1, -0.05) is 0 Å². The Hall–Kier alpha value is 1.04. The van der Waals surface area contributed by atoms with Gasteiger partial charge in [-0.3, -0.25) is 0 Å². The third-order valence-electron chi connectivity index (χ3n) is 0.0756. The first-order chi connectivity index (χ1) is 2.27. The highest BCUT2D eigenvalue weighted by molar-refractivity contribution is 14.1. The molecule has 0 bridgehead atoms. The molecule has 0 heterocycles. The molecular formula is H3INO2P. The van der Waals surface area contributed by atoms with Crippen molar-refractivity contribution in [2.24, 2.45) is 0 Å². The first-order valence-electron chi connectivity index (χ1n) is 0.813. The standard InChI is InChI=1S/H3INO2P/c1-2-5(3)4/h2-4H. The average Bonchev–Trinajstić information content (AvgIpc) is 1.38. The lowest BCUT2D eigenvalue weighted by molar-refractivity contribution is 0.482. The monoisotopic (exact) mass is 207 g/mol. The second-order valence-corrected chi connectivity index (χ2v) is 2.57. The molecule has 0 saturated carbocycles. The van der Waals surface area contributed by atoms with E-state index in [0.717, 1.165) is 0 Å². The van der Waals surface area contributed by atoms with Crippen LogP contribution in [0.1, 0.15) is 0 Å². The van der Waals surface area contributed by atoms with Crippen molar-refractivity contribution in [1.82, 2.24) is 3.30 Å². The zero-order valence-corrected chi connectivity index (χ0v) is 5.27. The lowest BCUT2D eigenvalue weighted by Gasteiger charge is -1.89. The second-order valence-electron chi connectivity index (χ2n) is 0.374. The van der Waals surface area contributed by atoms with E-state index >= 15 is 0 Å². The van der Waals surface area contributed by atoms with Gasteiger partial charge in [0.25, 0.3) is 8.53 Å². The van der Waals surface area contributed by atoms with Crippen molar-refractivity contribution in [1.29, 1.82) is 0 Å². The van der Waals surface area contributed by atoms with Gasteiger partial charge in [0.15, 0.2) is 0 Å². The fourth-order valence-electron chi connectivity index (χ4n) is 0. The van der Waals surface area contributed by atoms with Crippen molar-refractivity contribution in [3.05, 3.63) is 0 Å². The molecule has 0 rings (SSSR count). The topological polar surface area (TPSA) is 52.5 Å². The Balaban J connectivity index is 2.54. The van der Waals surface area contributed by atoms with Gasteiger partial charge >= 0.3 is 0 Å². The number of hydrogen-bond donors (Lipinski definition) is 3. The van der Waals surface area contributed by atoms with Crippen molar-refractivity contribution >= 4 is 31.4 Å². The highest BCUT2D eigenvalue weighted by atomic mass is 127. The Bertz CT molecular complexity index is 23.6. The Morgan fingerprint density at radius 1 is 1.60 bits per heavy atom. The summed E-state index contributed by atoms with van der Waals surface area (Å²) in [5.74, 6) is 0. The van der Waals surface area contributed by atoms with Gasteiger partial charge in [0, 0.05) is 22.9 Å². The molecule has 0 spiro atoms. The fourth-order valence-corrected chi connectivity index (χ4v) is 0. The number of rotatable bonds is 1. The van der Waals surface area contributed by atoms with E-state index in [1.807, 2.05) is 0 Å². The lowest BCUT2D eigenvalue weighted by atomic mass is 13.9. The molecule has 5 heteroatoms. The zero-order valence-electron chi connectivity index (χ0n) is 2.22. The highest BCUT2D eigenvalue weighted by Crippen LogP contribution is 2.16. The van der Waals surface area contributed by atoms with Gasteiger partial charge < -0.3 is 9.79 Å². The van der Waals surface area contributed by atoms with E-state index < -0.39 is 8.53 Å². The van der Waals surface area contributed by atoms with E-state index in [2.05, 4.69) is 3.30 Å². The molecule has 0 amide bonds. The maximum Gasteiger partial charge on any atom is 0.259 e. The molecule has 0 aromatic rings. The Labute approximate surface area is 44.9 Å². The first-order valence-corrected chi connectivity index (χ1v) is 3.14. The smallest absolute Gasteiger partial charge is 0.259 e. The number of hydrogen-bond acceptors (Lipinski definition) is 3. The quantitative estimate of drug-likeness (QED) is 0.325. The summed E-state index contributed by atoms with van der Waals surface area (Å²) < 4.78 is 2.17. The third-order valence-corrected chi connectivity index (χ3v) is 1.52. The molecule has 0 aliphatic carbocycles. The van der Waals surface area contributed by atoms with Gasteiger partial charge in [0.2, 0.25) is 0 Å². The summed E-state index contributed by atoms with van der Waals surface area (Å²) in [4.78, 5) is 15.7. The SMILES string of the molecule is OP(O)NI. The average molecular weight is 207 g/mol. The van der Waals surface area contributed by atoms with E-state index in [0.29, 0.717) is 0 Å². The highest BCUT2D eigenvalue weighted by Gasteiger charge is 1.85. The molecule has 32 valence electrons. The Morgan fingerprint density at radius 2 is 1.80 bits per heavy atom. The van der Waals surface area contributed by atoms with Crippen LogP contribution in [0.3, 0.4) is 0 Å². The minimum atomic E-state index is -1.86. The molecule has 0 atom stereocenters. The van der Waals surface area contributed by atoms with E-state index in [-0.39, 0.29) is 0 Å². The molecule has 3 N–H and O–H groups in total. The molecule has 0 fully saturated rings. The van der Waals surface area contributed by atoms with Gasteiger partial charge in [-0.15, -0.1) is 0 Å². The maximum absolute atomic E-state index is 7.86. The van der Waals surface area contributed by atoms with Crippen LogP contribution < -0.4 is 3.30 Å². The zero-order chi connectivity index (χ0) is 4.28. The Kier molecular flexibility index (Phi) is 3.91. The summed E-state index contributed by atoms with van der Waals surface area (Å²) in [5, 5.41) is 0. The van der Waals surface area contributed by atoms with Crippen LogP contribution in [0.25, 0.3) is 0 Å². The van der Waals surface area contributed by atoms with Crippen LogP contribution in [-0.4, -0.2) is 9.79 Å². The van der Waals surface area contributed by atoms with E-state index in [4.69, 9.17) is 9.79 Å². The van der Waals surface area contributed by atoms with Crippen LogP contribution in [0.5, 0.6) is 0 Å². The molecule has 0 radical (unpaired) electrons. The van der Waals surface area contributed by atoms with Crippen LogP contribution in [0.15, 0.2) is 0 Å². The maximum atomic E-state index is 7.86. The van der Waals surface area contributed by atoms with Crippen molar-refractivity contribution in [3.63, 3.8) is 0 Å². The summed E-state index contributed by atoms with van der Waals surface area (Å²) in [5.41, 5.74) is 0. The molecule has 0 aliphatic heterocycles. The number of nitrogens with one attached hydrogen (secondary N) is 1. The normalized spacial score (nSPS) is 9.60. The minimum absolute atomic E-state index is 1.66. The van der Waals surface area contributed by atoms with Crippen LogP contribution in [0, 0.1) is 0 Å². The summed E-state index contributed by atoms with van der Waals surface area (Å²) >= 11 is 1.66. The molecule has 0 aromatic carbocycles. The van der Waals surface area contributed by atoms with Crippen LogP contribution >= 0.6 is 31.4 Å². The predicted octanol–water partition coefficient (Wildman–Crippen LogP) is 0.138. The van der Waals surface area contributed by atoms with Gasteiger partial charge in [-0.05, 0) is 0 Å². The lowest BCUT2D eigenvalue weighted by Crippen LogP contribution is -1.81. The van der Waals surface area contributed by atoms with Crippen LogP contribution in [-0.2, 0) is 0 Å². The van der Waals surface area contributed by atoms with E-state index in [1.165, 1.54) is 0 Å². The van der Waals surface area contributed by atoms with Gasteiger partial charge in [0.1, 0.15) is 0 Å². The van der Waals surface area contributed by atoms with Crippen molar-refractivity contribution in [2.45, 2.75) is 0 Å². The predicted molar refractivity (Wildman–Crippen MR) is 28.5 cm³/mol.